The van der Waals surface area contributed by atoms with Crippen molar-refractivity contribution in [3.05, 3.63) is 23.6 Å². The average Bonchev–Trinajstić information content (AvgIpc) is 2.41. The SMILES string of the molecule is CNCc1ccnc(N(C)C2CCC(C)(C)CC2)c1F. The van der Waals surface area contributed by atoms with E-state index >= 15 is 0 Å². The Morgan fingerprint density at radius 3 is 2.65 bits per heavy atom. The smallest absolute Gasteiger partial charge is 0.170 e. The summed E-state index contributed by atoms with van der Waals surface area (Å²) >= 11 is 0. The van der Waals surface area contributed by atoms with E-state index in [1.165, 1.54) is 12.8 Å². The zero-order valence-corrected chi connectivity index (χ0v) is 13.0. The van der Waals surface area contributed by atoms with E-state index in [9.17, 15) is 4.39 Å². The van der Waals surface area contributed by atoms with Crippen LogP contribution < -0.4 is 10.2 Å². The molecular formula is C16H26FN3. The van der Waals surface area contributed by atoms with Crippen LogP contribution in [0, 0.1) is 11.2 Å². The topological polar surface area (TPSA) is 28.2 Å². The first-order chi connectivity index (χ1) is 9.44. The molecule has 0 atom stereocenters. The fraction of sp³-hybridized carbons (Fsp3) is 0.688. The van der Waals surface area contributed by atoms with Crippen molar-refractivity contribution in [3.8, 4) is 0 Å². The van der Waals surface area contributed by atoms with Crippen molar-refractivity contribution in [2.45, 2.75) is 52.1 Å². The van der Waals surface area contributed by atoms with Crippen LogP contribution in [0.15, 0.2) is 12.3 Å². The number of rotatable bonds is 4. The van der Waals surface area contributed by atoms with Crippen LogP contribution in [0.2, 0.25) is 0 Å². The second-order valence-corrected chi connectivity index (χ2v) is 6.64. The minimum absolute atomic E-state index is 0.186. The quantitative estimate of drug-likeness (QED) is 0.916. The first-order valence-electron chi connectivity index (χ1n) is 7.45. The molecule has 1 N–H and O–H groups in total. The van der Waals surface area contributed by atoms with E-state index in [-0.39, 0.29) is 5.82 Å². The summed E-state index contributed by atoms with van der Waals surface area (Å²) in [6.07, 6.45) is 6.32. The van der Waals surface area contributed by atoms with Gasteiger partial charge in [-0.15, -0.1) is 0 Å². The van der Waals surface area contributed by atoms with Gasteiger partial charge in [-0.1, -0.05) is 13.8 Å². The van der Waals surface area contributed by atoms with Crippen molar-refractivity contribution in [1.82, 2.24) is 10.3 Å². The largest absolute Gasteiger partial charge is 0.354 e. The van der Waals surface area contributed by atoms with E-state index in [1.807, 2.05) is 19.0 Å². The van der Waals surface area contributed by atoms with Crippen molar-refractivity contribution >= 4 is 5.82 Å². The first kappa shape index (κ1) is 15.2. The van der Waals surface area contributed by atoms with Gasteiger partial charge in [0.1, 0.15) is 0 Å². The van der Waals surface area contributed by atoms with Gasteiger partial charge in [0.15, 0.2) is 11.6 Å². The van der Waals surface area contributed by atoms with Crippen LogP contribution in [-0.2, 0) is 6.54 Å². The lowest BCUT2D eigenvalue weighted by atomic mass is 9.75. The summed E-state index contributed by atoms with van der Waals surface area (Å²) in [5, 5.41) is 2.99. The molecule has 1 aromatic heterocycles. The minimum atomic E-state index is -0.186. The predicted octanol–water partition coefficient (Wildman–Crippen LogP) is 3.35. The van der Waals surface area contributed by atoms with Gasteiger partial charge in [0.2, 0.25) is 0 Å². The van der Waals surface area contributed by atoms with Crippen molar-refractivity contribution in [1.29, 1.82) is 0 Å². The van der Waals surface area contributed by atoms with Crippen LogP contribution in [-0.4, -0.2) is 25.1 Å². The molecule has 0 bridgehead atoms. The third-order valence-electron chi connectivity index (χ3n) is 4.51. The lowest BCUT2D eigenvalue weighted by Gasteiger charge is -2.39. The highest BCUT2D eigenvalue weighted by Crippen LogP contribution is 2.37. The summed E-state index contributed by atoms with van der Waals surface area (Å²) < 4.78 is 14.5. The van der Waals surface area contributed by atoms with Gasteiger partial charge in [0.25, 0.3) is 0 Å². The molecule has 3 nitrogen and oxygen atoms in total. The van der Waals surface area contributed by atoms with E-state index < -0.39 is 0 Å². The molecule has 112 valence electrons. The van der Waals surface area contributed by atoms with E-state index in [1.54, 1.807) is 12.3 Å². The molecule has 1 aliphatic carbocycles. The average molecular weight is 279 g/mol. The monoisotopic (exact) mass is 279 g/mol. The van der Waals surface area contributed by atoms with Crippen molar-refractivity contribution < 1.29 is 4.39 Å². The van der Waals surface area contributed by atoms with Gasteiger partial charge >= 0.3 is 0 Å². The highest BCUT2D eigenvalue weighted by molar-refractivity contribution is 5.43. The molecule has 0 amide bonds. The Bertz CT molecular complexity index is 449. The second-order valence-electron chi connectivity index (χ2n) is 6.64. The Morgan fingerprint density at radius 2 is 2.05 bits per heavy atom. The molecule has 1 aliphatic rings. The fourth-order valence-corrected chi connectivity index (χ4v) is 2.99. The number of pyridine rings is 1. The zero-order chi connectivity index (χ0) is 14.8. The molecule has 1 heterocycles. The van der Waals surface area contributed by atoms with Crippen LogP contribution in [0.5, 0.6) is 0 Å². The molecule has 1 aromatic rings. The Balaban J connectivity index is 2.13. The van der Waals surface area contributed by atoms with E-state index in [0.717, 1.165) is 12.8 Å². The predicted molar refractivity (Wildman–Crippen MR) is 81.4 cm³/mol. The minimum Gasteiger partial charge on any atom is -0.354 e. The Labute approximate surface area is 121 Å². The lowest BCUT2D eigenvalue weighted by Crippen LogP contribution is -2.38. The summed E-state index contributed by atoms with van der Waals surface area (Å²) in [6, 6.07) is 2.14. The lowest BCUT2D eigenvalue weighted by molar-refractivity contribution is 0.222. The number of aromatic nitrogens is 1. The Hall–Kier alpha value is -1.16. The summed E-state index contributed by atoms with van der Waals surface area (Å²) in [6.45, 7) is 5.16. The van der Waals surface area contributed by atoms with E-state index in [2.05, 4.69) is 24.1 Å². The van der Waals surface area contributed by atoms with Crippen LogP contribution in [0.4, 0.5) is 10.2 Å². The maximum atomic E-state index is 14.5. The van der Waals surface area contributed by atoms with Crippen LogP contribution >= 0.6 is 0 Å². The van der Waals surface area contributed by atoms with Crippen molar-refractivity contribution in [3.63, 3.8) is 0 Å². The maximum absolute atomic E-state index is 14.5. The third kappa shape index (κ3) is 3.29. The van der Waals surface area contributed by atoms with E-state index in [4.69, 9.17) is 0 Å². The fourth-order valence-electron chi connectivity index (χ4n) is 2.99. The third-order valence-corrected chi connectivity index (χ3v) is 4.51. The molecule has 0 unspecified atom stereocenters. The number of halogens is 1. The number of hydrogen-bond donors (Lipinski definition) is 1. The molecule has 20 heavy (non-hydrogen) atoms. The standard InChI is InChI=1S/C16H26FN3/c1-16(2)8-5-13(6-9-16)20(4)15-14(17)12(11-18-3)7-10-19-15/h7,10,13,18H,5-6,8-9,11H2,1-4H3. The molecule has 0 radical (unpaired) electrons. The van der Waals surface area contributed by atoms with Gasteiger partial charge in [0, 0.05) is 31.4 Å². The number of nitrogens with zero attached hydrogens (tertiary/aromatic N) is 2. The van der Waals surface area contributed by atoms with Gasteiger partial charge in [-0.05, 0) is 44.2 Å². The van der Waals surface area contributed by atoms with Crippen LogP contribution in [0.3, 0.4) is 0 Å². The molecule has 2 rings (SSSR count). The molecule has 0 saturated heterocycles. The second kappa shape index (κ2) is 6.08. The normalized spacial score (nSPS) is 19.1. The highest BCUT2D eigenvalue weighted by atomic mass is 19.1. The molecule has 0 spiro atoms. The molecule has 1 saturated carbocycles. The first-order valence-corrected chi connectivity index (χ1v) is 7.45. The highest BCUT2D eigenvalue weighted by Gasteiger charge is 2.30. The number of anilines is 1. The van der Waals surface area contributed by atoms with Gasteiger partial charge in [0.05, 0.1) is 0 Å². The summed E-state index contributed by atoms with van der Waals surface area (Å²) in [5.41, 5.74) is 1.11. The number of hydrogen-bond acceptors (Lipinski definition) is 3. The molecule has 4 heteroatoms. The number of nitrogens with one attached hydrogen (secondary N) is 1. The Kier molecular flexibility index (Phi) is 4.63. The Morgan fingerprint density at radius 1 is 1.40 bits per heavy atom. The molecule has 0 aliphatic heterocycles. The zero-order valence-electron chi connectivity index (χ0n) is 13.0. The molecule has 1 fully saturated rings. The van der Waals surface area contributed by atoms with Gasteiger partial charge in [-0.25, -0.2) is 9.37 Å². The molecular weight excluding hydrogens is 253 g/mol. The summed E-state index contributed by atoms with van der Waals surface area (Å²) in [7, 11) is 3.80. The summed E-state index contributed by atoms with van der Waals surface area (Å²) in [4.78, 5) is 6.29. The van der Waals surface area contributed by atoms with Crippen molar-refractivity contribution in [2.75, 3.05) is 19.0 Å². The van der Waals surface area contributed by atoms with E-state index in [0.29, 0.717) is 29.4 Å². The van der Waals surface area contributed by atoms with Crippen LogP contribution in [0.1, 0.15) is 45.1 Å². The molecule has 0 aromatic carbocycles. The van der Waals surface area contributed by atoms with Gasteiger partial charge in [-0.2, -0.15) is 0 Å². The van der Waals surface area contributed by atoms with Gasteiger partial charge < -0.3 is 10.2 Å². The van der Waals surface area contributed by atoms with Crippen molar-refractivity contribution in [2.24, 2.45) is 5.41 Å². The maximum Gasteiger partial charge on any atom is 0.170 e. The van der Waals surface area contributed by atoms with Crippen LogP contribution in [0.25, 0.3) is 0 Å². The van der Waals surface area contributed by atoms with Gasteiger partial charge in [-0.3, -0.25) is 0 Å². The summed E-state index contributed by atoms with van der Waals surface area (Å²) in [5.74, 6) is 0.302.